The normalized spacial score (nSPS) is 12.8. The molecular formula is C28H28F3N7O3S. The summed E-state index contributed by atoms with van der Waals surface area (Å²) >= 11 is 0. The molecule has 10 nitrogen and oxygen atoms in total. The van der Waals surface area contributed by atoms with Crippen LogP contribution in [0.15, 0.2) is 61.1 Å². The second-order valence-electron chi connectivity index (χ2n) is 10.0. The smallest absolute Gasteiger partial charge is 0.355 e. The van der Waals surface area contributed by atoms with Gasteiger partial charge >= 0.3 is 5.76 Å². The van der Waals surface area contributed by atoms with Gasteiger partial charge in [-0.3, -0.25) is 14.1 Å². The Hall–Kier alpha value is -4.59. The third kappa shape index (κ3) is 5.49. The van der Waals surface area contributed by atoms with Crippen LogP contribution in [0, 0.1) is 5.82 Å². The fourth-order valence-electron chi connectivity index (χ4n) is 4.58. The molecule has 5 aromatic rings. The lowest BCUT2D eigenvalue weighted by atomic mass is 10.0. The van der Waals surface area contributed by atoms with E-state index in [1.165, 1.54) is 42.5 Å². The number of hydrogen-bond donors (Lipinski definition) is 2. The molecule has 0 saturated heterocycles. The number of ether oxygens (including phenoxy) is 1. The van der Waals surface area contributed by atoms with E-state index in [-0.39, 0.29) is 23.3 Å². The third-order valence-corrected chi connectivity index (χ3v) is 7.62. The summed E-state index contributed by atoms with van der Waals surface area (Å²) in [6.45, 7) is 5.58. The number of anilines is 2. The fraction of sp³-hybridized carbons (Fsp3) is 0.250. The Morgan fingerprint density at radius 2 is 1.74 bits per heavy atom. The van der Waals surface area contributed by atoms with Crippen molar-refractivity contribution in [1.82, 2.24) is 24.5 Å². The quantitative estimate of drug-likeness (QED) is 0.216. The number of sulfonamides is 1. The molecule has 2 aromatic carbocycles. The van der Waals surface area contributed by atoms with Gasteiger partial charge in [-0.25, -0.2) is 17.8 Å². The first-order valence-corrected chi connectivity index (χ1v) is 14.4. The number of fused-ring (bicyclic) bond motifs is 1. The number of alkyl halides is 2. The summed E-state index contributed by atoms with van der Waals surface area (Å²) in [4.78, 5) is 4.41. The second kappa shape index (κ2) is 11.0. The number of rotatable bonds is 9. The minimum absolute atomic E-state index is 0.0456. The fourth-order valence-corrected chi connectivity index (χ4v) is 5.15. The standard InChI is InChI=1S/C28H28F3N7O3S/c1-15(2)38-26-21(19-12-34-37(4)14-19)13-33-27(32)24(26)25(35-38)18-7-10-22(36-42(39,40)28(30)31)23(11-18)41-16(3)17-5-8-20(29)9-6-17/h5-16,28,36H,1-4H3,(H2,32,33)/t16-/m0/s1. The molecule has 5 rings (SSSR count). The molecule has 0 aliphatic heterocycles. The zero-order chi connectivity index (χ0) is 30.3. The maximum atomic E-state index is 13.5. The molecule has 3 aromatic heterocycles. The van der Waals surface area contributed by atoms with Crippen LogP contribution in [0.25, 0.3) is 33.3 Å². The number of nitrogens with zero attached hydrogens (tertiary/aromatic N) is 5. The molecule has 1 atom stereocenters. The number of halogens is 3. The van der Waals surface area contributed by atoms with Crippen LogP contribution in [0.3, 0.4) is 0 Å². The van der Waals surface area contributed by atoms with E-state index in [0.717, 1.165) is 11.1 Å². The first-order valence-electron chi connectivity index (χ1n) is 12.9. The van der Waals surface area contributed by atoms with E-state index in [0.29, 0.717) is 27.7 Å². The topological polar surface area (TPSA) is 130 Å². The van der Waals surface area contributed by atoms with Crippen LogP contribution >= 0.6 is 0 Å². The highest BCUT2D eigenvalue weighted by Crippen LogP contribution is 2.41. The molecule has 0 aliphatic carbocycles. The molecule has 3 heterocycles. The molecule has 0 saturated carbocycles. The molecule has 0 aliphatic rings. The predicted octanol–water partition coefficient (Wildman–Crippen LogP) is 5.91. The van der Waals surface area contributed by atoms with Crippen LogP contribution in [0.1, 0.15) is 38.5 Å². The molecule has 14 heteroatoms. The van der Waals surface area contributed by atoms with Crippen LogP contribution in [-0.2, 0) is 17.1 Å². The van der Waals surface area contributed by atoms with E-state index in [9.17, 15) is 21.6 Å². The third-order valence-electron chi connectivity index (χ3n) is 6.64. The van der Waals surface area contributed by atoms with Crippen molar-refractivity contribution in [3.63, 3.8) is 0 Å². The molecule has 0 unspecified atom stereocenters. The Labute approximate surface area is 240 Å². The number of nitrogen functional groups attached to an aromatic ring is 1. The Bertz CT molecular complexity index is 1870. The van der Waals surface area contributed by atoms with Crippen LogP contribution in [-0.4, -0.2) is 38.7 Å². The van der Waals surface area contributed by atoms with Crippen LogP contribution in [0.2, 0.25) is 0 Å². The minimum Gasteiger partial charge on any atom is -0.484 e. The maximum Gasteiger partial charge on any atom is 0.355 e. The number of aryl methyl sites for hydroxylation is 1. The summed E-state index contributed by atoms with van der Waals surface area (Å²) < 4.78 is 75.6. The highest BCUT2D eigenvalue weighted by atomic mass is 32.2. The lowest BCUT2D eigenvalue weighted by Crippen LogP contribution is -2.21. The van der Waals surface area contributed by atoms with E-state index in [1.54, 1.807) is 35.7 Å². The Morgan fingerprint density at radius 1 is 1.02 bits per heavy atom. The van der Waals surface area contributed by atoms with Crippen molar-refractivity contribution in [2.45, 2.75) is 38.7 Å². The lowest BCUT2D eigenvalue weighted by molar-refractivity contribution is 0.228. The van der Waals surface area contributed by atoms with Crippen LogP contribution in [0.5, 0.6) is 5.75 Å². The molecule has 3 N–H and O–H groups in total. The number of aromatic nitrogens is 5. The van der Waals surface area contributed by atoms with Gasteiger partial charge in [0.2, 0.25) is 0 Å². The van der Waals surface area contributed by atoms with Crippen molar-refractivity contribution in [2.24, 2.45) is 7.05 Å². The summed E-state index contributed by atoms with van der Waals surface area (Å²) in [7, 11) is -3.21. The molecule has 0 fully saturated rings. The molecule has 220 valence electrons. The van der Waals surface area contributed by atoms with Gasteiger partial charge in [-0.15, -0.1) is 0 Å². The molecule has 0 bridgehead atoms. The summed E-state index contributed by atoms with van der Waals surface area (Å²) in [6, 6.07) is 9.78. The van der Waals surface area contributed by atoms with Gasteiger partial charge in [-0.1, -0.05) is 18.2 Å². The number of nitrogens with two attached hydrogens (primary N) is 1. The molecule has 0 radical (unpaired) electrons. The SMILES string of the molecule is CC(C)n1nc(-c2ccc(NS(=O)(=O)C(F)F)c(O[C@@H](C)c3ccc(F)cc3)c2)c2c(N)ncc(-c3cnn(C)c3)c21. The molecular weight excluding hydrogens is 571 g/mol. The van der Waals surface area contributed by atoms with Gasteiger partial charge in [0.25, 0.3) is 10.0 Å². The maximum absolute atomic E-state index is 13.5. The summed E-state index contributed by atoms with van der Waals surface area (Å²) in [5.74, 6) is -3.94. The zero-order valence-electron chi connectivity index (χ0n) is 23.1. The van der Waals surface area contributed by atoms with Crippen molar-refractivity contribution >= 4 is 32.4 Å². The van der Waals surface area contributed by atoms with Gasteiger partial charge in [0.05, 0.1) is 22.8 Å². The van der Waals surface area contributed by atoms with Gasteiger partial charge in [-0.2, -0.15) is 19.0 Å². The van der Waals surface area contributed by atoms with Crippen molar-refractivity contribution < 1.29 is 26.3 Å². The number of benzene rings is 2. The number of nitrogens with one attached hydrogen (secondary N) is 1. The van der Waals surface area contributed by atoms with Gasteiger partial charge < -0.3 is 10.5 Å². The highest BCUT2D eigenvalue weighted by Gasteiger charge is 2.27. The van der Waals surface area contributed by atoms with E-state index < -0.39 is 27.7 Å². The van der Waals surface area contributed by atoms with E-state index in [1.807, 2.05) is 24.8 Å². The summed E-state index contributed by atoms with van der Waals surface area (Å²) in [5.41, 5.74) is 9.93. The Kier molecular flexibility index (Phi) is 7.58. The first kappa shape index (κ1) is 28.9. The Morgan fingerprint density at radius 3 is 2.36 bits per heavy atom. The van der Waals surface area contributed by atoms with E-state index in [2.05, 4.69) is 10.1 Å². The number of pyridine rings is 1. The van der Waals surface area contributed by atoms with Crippen molar-refractivity contribution in [2.75, 3.05) is 10.5 Å². The van der Waals surface area contributed by atoms with Crippen molar-refractivity contribution in [3.8, 4) is 28.1 Å². The van der Waals surface area contributed by atoms with Gasteiger partial charge in [0, 0.05) is 42.2 Å². The second-order valence-corrected chi connectivity index (χ2v) is 11.7. The van der Waals surface area contributed by atoms with Crippen LogP contribution < -0.4 is 15.2 Å². The molecule has 0 amide bonds. The van der Waals surface area contributed by atoms with Crippen molar-refractivity contribution in [3.05, 3.63) is 72.4 Å². The van der Waals surface area contributed by atoms with Crippen LogP contribution in [0.4, 0.5) is 24.7 Å². The van der Waals surface area contributed by atoms with Crippen molar-refractivity contribution in [1.29, 1.82) is 0 Å². The predicted molar refractivity (Wildman–Crippen MR) is 154 cm³/mol. The molecule has 0 spiro atoms. The summed E-state index contributed by atoms with van der Waals surface area (Å²) in [6.07, 6.45) is 4.50. The van der Waals surface area contributed by atoms with Gasteiger partial charge in [0.1, 0.15) is 29.2 Å². The summed E-state index contributed by atoms with van der Waals surface area (Å²) in [5, 5.41) is 9.66. The zero-order valence-corrected chi connectivity index (χ0v) is 23.9. The minimum atomic E-state index is -5.01. The monoisotopic (exact) mass is 599 g/mol. The van der Waals surface area contributed by atoms with E-state index >= 15 is 0 Å². The highest BCUT2D eigenvalue weighted by molar-refractivity contribution is 7.93. The van der Waals surface area contributed by atoms with E-state index in [4.69, 9.17) is 15.6 Å². The van der Waals surface area contributed by atoms with Gasteiger partial charge in [0.15, 0.2) is 0 Å². The molecule has 42 heavy (non-hydrogen) atoms. The Balaban J connectivity index is 1.69. The lowest BCUT2D eigenvalue weighted by Gasteiger charge is -2.19. The number of hydrogen-bond acceptors (Lipinski definition) is 7. The largest absolute Gasteiger partial charge is 0.484 e. The first-order chi connectivity index (χ1) is 19.9. The average molecular weight is 600 g/mol. The average Bonchev–Trinajstić information content (AvgIpc) is 3.55. The van der Waals surface area contributed by atoms with Gasteiger partial charge in [-0.05, 0) is 50.6 Å².